The van der Waals surface area contributed by atoms with E-state index >= 15 is 0 Å². The number of piperazine rings is 1. The van der Waals surface area contributed by atoms with Crippen LogP contribution < -0.4 is 5.56 Å². The Bertz CT molecular complexity index is 1120. The Morgan fingerprint density at radius 1 is 1.09 bits per heavy atom. The van der Waals surface area contributed by atoms with Crippen molar-refractivity contribution in [2.45, 2.75) is 32.7 Å². The largest absolute Gasteiger partial charge is 0.355 e. The number of pyridine rings is 1. The molecule has 9 nitrogen and oxygen atoms in total. The first kappa shape index (κ1) is 21.9. The topological polar surface area (TPSA) is 97.4 Å². The Morgan fingerprint density at radius 3 is 2.56 bits per heavy atom. The van der Waals surface area contributed by atoms with Crippen molar-refractivity contribution >= 4 is 5.91 Å². The first-order valence-corrected chi connectivity index (χ1v) is 10.8. The Kier molecular flexibility index (Phi) is 6.18. The molecule has 0 spiro atoms. The van der Waals surface area contributed by atoms with E-state index in [0.29, 0.717) is 37.6 Å². The number of hydrogen-bond acceptors (Lipinski definition) is 7. The second-order valence-electron chi connectivity index (χ2n) is 8.98. The second-order valence-corrected chi connectivity index (χ2v) is 8.98. The van der Waals surface area contributed by atoms with E-state index in [9.17, 15) is 9.59 Å². The molecule has 0 N–H and O–H groups in total. The third kappa shape index (κ3) is 4.94. The third-order valence-electron chi connectivity index (χ3n) is 5.60. The minimum absolute atomic E-state index is 0.0951. The van der Waals surface area contributed by atoms with Crippen molar-refractivity contribution in [3.8, 4) is 11.3 Å². The van der Waals surface area contributed by atoms with E-state index in [1.54, 1.807) is 35.5 Å². The maximum absolute atomic E-state index is 12.8. The van der Waals surface area contributed by atoms with Gasteiger partial charge >= 0.3 is 0 Å². The summed E-state index contributed by atoms with van der Waals surface area (Å²) >= 11 is 0. The zero-order chi connectivity index (χ0) is 22.7. The molecule has 32 heavy (non-hydrogen) atoms. The van der Waals surface area contributed by atoms with E-state index in [0.717, 1.165) is 24.3 Å². The zero-order valence-electron chi connectivity index (χ0n) is 18.7. The molecular formula is C23H28N6O3. The molecule has 0 atom stereocenters. The monoisotopic (exact) mass is 436 g/mol. The molecule has 0 aromatic carbocycles. The van der Waals surface area contributed by atoms with Crippen LogP contribution in [0.5, 0.6) is 0 Å². The van der Waals surface area contributed by atoms with Gasteiger partial charge in [-0.25, -0.2) is 4.68 Å². The van der Waals surface area contributed by atoms with E-state index in [-0.39, 0.29) is 16.9 Å². The zero-order valence-corrected chi connectivity index (χ0v) is 18.7. The van der Waals surface area contributed by atoms with Gasteiger partial charge in [0.1, 0.15) is 0 Å². The van der Waals surface area contributed by atoms with Crippen LogP contribution >= 0.6 is 0 Å². The van der Waals surface area contributed by atoms with Crippen molar-refractivity contribution in [3.05, 3.63) is 64.5 Å². The molecule has 3 aromatic heterocycles. The molecule has 0 unspecified atom stereocenters. The molecule has 0 saturated carbocycles. The van der Waals surface area contributed by atoms with Crippen LogP contribution in [-0.4, -0.2) is 68.4 Å². The van der Waals surface area contributed by atoms with Gasteiger partial charge in [0.15, 0.2) is 11.5 Å². The fourth-order valence-electron chi connectivity index (χ4n) is 3.60. The highest BCUT2D eigenvalue weighted by atomic mass is 16.5. The van der Waals surface area contributed by atoms with Gasteiger partial charge in [0.25, 0.3) is 11.5 Å². The number of carbonyl (C=O) groups is 1. The summed E-state index contributed by atoms with van der Waals surface area (Å²) in [4.78, 5) is 33.1. The average molecular weight is 437 g/mol. The van der Waals surface area contributed by atoms with Gasteiger partial charge in [0.2, 0.25) is 0 Å². The molecule has 4 heterocycles. The van der Waals surface area contributed by atoms with E-state index < -0.39 is 0 Å². The minimum Gasteiger partial charge on any atom is -0.355 e. The summed E-state index contributed by atoms with van der Waals surface area (Å²) in [6.07, 6.45) is 3.35. The smallest absolute Gasteiger partial charge is 0.276 e. The van der Waals surface area contributed by atoms with Gasteiger partial charge in [-0.2, -0.15) is 5.10 Å². The van der Waals surface area contributed by atoms with Crippen molar-refractivity contribution in [1.29, 1.82) is 0 Å². The van der Waals surface area contributed by atoms with Gasteiger partial charge in [0.05, 0.1) is 12.2 Å². The van der Waals surface area contributed by atoms with Crippen LogP contribution in [0.25, 0.3) is 11.3 Å². The number of aromatic nitrogens is 4. The first-order valence-electron chi connectivity index (χ1n) is 10.8. The first-order chi connectivity index (χ1) is 15.3. The molecule has 1 aliphatic heterocycles. The molecule has 1 amide bonds. The molecule has 0 bridgehead atoms. The predicted octanol–water partition coefficient (Wildman–Crippen LogP) is 2.05. The van der Waals surface area contributed by atoms with Crippen molar-refractivity contribution in [2.75, 3.05) is 32.7 Å². The van der Waals surface area contributed by atoms with Crippen LogP contribution in [-0.2, 0) is 12.0 Å². The summed E-state index contributed by atoms with van der Waals surface area (Å²) in [6, 6.07) is 8.71. The average Bonchev–Trinajstić information content (AvgIpc) is 3.28. The minimum atomic E-state index is -0.140. The van der Waals surface area contributed by atoms with Gasteiger partial charge in [0, 0.05) is 68.2 Å². The Hall–Kier alpha value is -3.33. The number of rotatable bonds is 5. The molecule has 1 saturated heterocycles. The fraction of sp³-hybridized carbons (Fsp3) is 0.435. The summed E-state index contributed by atoms with van der Waals surface area (Å²) in [6.45, 7) is 10.1. The molecule has 0 radical (unpaired) electrons. The maximum Gasteiger partial charge on any atom is 0.276 e. The summed E-state index contributed by atoms with van der Waals surface area (Å²) in [5.41, 5.74) is 1.77. The van der Waals surface area contributed by atoms with Crippen molar-refractivity contribution in [2.24, 2.45) is 0 Å². The Labute approximate surface area is 186 Å². The van der Waals surface area contributed by atoms with E-state index in [1.807, 2.05) is 12.1 Å². The Balaban J connectivity index is 1.32. The third-order valence-corrected chi connectivity index (χ3v) is 5.60. The quantitative estimate of drug-likeness (QED) is 0.604. The van der Waals surface area contributed by atoms with E-state index in [2.05, 4.69) is 40.9 Å². The molecule has 1 aliphatic rings. The van der Waals surface area contributed by atoms with Crippen molar-refractivity contribution in [1.82, 2.24) is 29.7 Å². The summed E-state index contributed by atoms with van der Waals surface area (Å²) in [5.74, 6) is 0.384. The highest BCUT2D eigenvalue weighted by molar-refractivity contribution is 5.93. The molecule has 3 aromatic rings. The van der Waals surface area contributed by atoms with Gasteiger partial charge in [-0.3, -0.25) is 19.5 Å². The standard InChI is InChI=1S/C23H28N6O3/c1-23(2,3)20-6-7-21(30)29(25-20)14-11-27-9-12-28(13-10-27)22(31)18-15-19(32-26-18)17-5-4-8-24-16-17/h4-8,15-16H,9-14H2,1-3H3. The lowest BCUT2D eigenvalue weighted by Crippen LogP contribution is -2.49. The summed E-state index contributed by atoms with van der Waals surface area (Å²) in [7, 11) is 0. The van der Waals surface area contributed by atoms with Crippen LogP contribution in [0.15, 0.2) is 52.0 Å². The highest BCUT2D eigenvalue weighted by Crippen LogP contribution is 2.20. The molecule has 1 fully saturated rings. The normalized spacial score (nSPS) is 15.2. The van der Waals surface area contributed by atoms with Crippen molar-refractivity contribution < 1.29 is 9.32 Å². The van der Waals surface area contributed by atoms with Crippen LogP contribution in [0, 0.1) is 0 Å². The highest BCUT2D eigenvalue weighted by Gasteiger charge is 2.25. The van der Waals surface area contributed by atoms with Crippen LogP contribution in [0.1, 0.15) is 37.0 Å². The fourth-order valence-corrected chi connectivity index (χ4v) is 3.60. The van der Waals surface area contributed by atoms with Gasteiger partial charge in [-0.15, -0.1) is 0 Å². The molecule has 9 heteroatoms. The Morgan fingerprint density at radius 2 is 1.88 bits per heavy atom. The van der Waals surface area contributed by atoms with Gasteiger partial charge in [-0.05, 0) is 18.2 Å². The van der Waals surface area contributed by atoms with Gasteiger partial charge < -0.3 is 9.42 Å². The number of nitrogens with zero attached hydrogens (tertiary/aromatic N) is 6. The van der Waals surface area contributed by atoms with Crippen LogP contribution in [0.4, 0.5) is 0 Å². The van der Waals surface area contributed by atoms with Gasteiger partial charge in [-0.1, -0.05) is 25.9 Å². The molecule has 0 aliphatic carbocycles. The maximum atomic E-state index is 12.8. The second kappa shape index (κ2) is 9.04. The van der Waals surface area contributed by atoms with E-state index in [1.165, 1.54) is 4.68 Å². The lowest BCUT2D eigenvalue weighted by Gasteiger charge is -2.34. The number of carbonyl (C=O) groups excluding carboxylic acids is 1. The molecule has 4 rings (SSSR count). The summed E-state index contributed by atoms with van der Waals surface area (Å²) < 4.78 is 6.86. The number of amides is 1. The SMILES string of the molecule is CC(C)(C)c1ccc(=O)n(CCN2CCN(C(=O)c3cc(-c4cccnc4)on3)CC2)n1. The van der Waals surface area contributed by atoms with Crippen LogP contribution in [0.3, 0.4) is 0 Å². The number of hydrogen-bond donors (Lipinski definition) is 0. The van der Waals surface area contributed by atoms with E-state index in [4.69, 9.17) is 4.52 Å². The summed E-state index contributed by atoms with van der Waals surface area (Å²) in [5, 5.41) is 8.47. The predicted molar refractivity (Wildman–Crippen MR) is 119 cm³/mol. The molecular weight excluding hydrogens is 408 g/mol. The van der Waals surface area contributed by atoms with Crippen LogP contribution in [0.2, 0.25) is 0 Å². The lowest BCUT2D eigenvalue weighted by atomic mass is 9.92. The molecule has 168 valence electrons. The lowest BCUT2D eigenvalue weighted by molar-refractivity contribution is 0.0621. The van der Waals surface area contributed by atoms with Crippen molar-refractivity contribution in [3.63, 3.8) is 0 Å².